The Labute approximate surface area is 151 Å². The number of carbonyl (C=O) groups excluding carboxylic acids is 1. The number of allylic oxidation sites excluding steroid dienone is 1. The fourth-order valence-corrected chi connectivity index (χ4v) is 2.69. The van der Waals surface area contributed by atoms with E-state index in [0.717, 1.165) is 16.2 Å². The third kappa shape index (κ3) is 5.19. The molecule has 0 fully saturated rings. The molecule has 4 N–H and O–H groups in total. The van der Waals surface area contributed by atoms with E-state index in [1.165, 1.54) is 0 Å². The predicted octanol–water partition coefficient (Wildman–Crippen LogP) is 1.70. The average molecular weight is 409 g/mol. The fraction of sp³-hybridized carbons (Fsp3) is 0.200. The second-order valence-electron chi connectivity index (χ2n) is 4.78. The Balaban J connectivity index is 1.85. The number of aromatic nitrogens is 3. The molecule has 1 heterocycles. The number of nitrogens with zero attached hydrogens (tertiary/aromatic N) is 3. The van der Waals surface area contributed by atoms with Crippen LogP contribution in [0.2, 0.25) is 0 Å². The highest BCUT2D eigenvalue weighted by Crippen LogP contribution is 2.18. The molecule has 0 amide bonds. The summed E-state index contributed by atoms with van der Waals surface area (Å²) in [7, 11) is 0. The predicted molar refractivity (Wildman–Crippen MR) is 91.7 cm³/mol. The summed E-state index contributed by atoms with van der Waals surface area (Å²) in [6.07, 6.45) is 0. The number of quaternary nitrogens is 1. The van der Waals surface area contributed by atoms with Gasteiger partial charge in [-0.15, -0.1) is 5.10 Å². The van der Waals surface area contributed by atoms with E-state index in [9.17, 15) is 4.79 Å². The van der Waals surface area contributed by atoms with E-state index in [1.807, 2.05) is 30.3 Å². The summed E-state index contributed by atoms with van der Waals surface area (Å²) in [6.45, 7) is 3.78. The number of hydrogen-bond donors (Lipinski definition) is 2. The van der Waals surface area contributed by atoms with Crippen LogP contribution in [0.15, 0.2) is 46.2 Å². The second-order valence-corrected chi connectivity index (χ2v) is 6.64. The number of aromatic amines is 1. The number of nitriles is 1. The molecular formula is C15H15BrN5O2S+. The van der Waals surface area contributed by atoms with Gasteiger partial charge in [-0.1, -0.05) is 27.7 Å². The van der Waals surface area contributed by atoms with Crippen LogP contribution in [-0.2, 0) is 11.4 Å². The van der Waals surface area contributed by atoms with Gasteiger partial charge in [0.2, 0.25) is 5.16 Å². The summed E-state index contributed by atoms with van der Waals surface area (Å²) >= 11 is 4.50. The van der Waals surface area contributed by atoms with Crippen molar-refractivity contribution in [3.63, 3.8) is 0 Å². The Morgan fingerprint density at radius 3 is 2.83 bits per heavy atom. The molecule has 2 rings (SSSR count). The molecule has 24 heavy (non-hydrogen) atoms. The quantitative estimate of drug-likeness (QED) is 0.641. The number of halogens is 1. The summed E-state index contributed by atoms with van der Waals surface area (Å²) in [4.78, 5) is 16.1. The van der Waals surface area contributed by atoms with E-state index < -0.39 is 5.92 Å². The topological polar surface area (TPSA) is 119 Å². The van der Waals surface area contributed by atoms with Gasteiger partial charge in [-0.25, -0.2) is 4.98 Å². The first-order valence-corrected chi connectivity index (χ1v) is 8.63. The molecule has 9 heteroatoms. The Morgan fingerprint density at radius 1 is 1.50 bits per heavy atom. The van der Waals surface area contributed by atoms with Crippen molar-refractivity contribution in [2.24, 2.45) is 5.92 Å². The lowest BCUT2D eigenvalue weighted by Gasteiger charge is -2.03. The zero-order valence-electron chi connectivity index (χ0n) is 12.7. The maximum atomic E-state index is 11.9. The van der Waals surface area contributed by atoms with Gasteiger partial charge in [-0.3, -0.25) is 9.89 Å². The third-order valence-electron chi connectivity index (χ3n) is 2.90. The van der Waals surface area contributed by atoms with Crippen LogP contribution in [0.1, 0.15) is 5.82 Å². The summed E-state index contributed by atoms with van der Waals surface area (Å²) in [5, 5.41) is 16.1. The van der Waals surface area contributed by atoms with Crippen molar-refractivity contribution in [2.45, 2.75) is 11.8 Å². The summed E-state index contributed by atoms with van der Waals surface area (Å²) in [5.74, 6) is 0.185. The highest BCUT2D eigenvalue weighted by Gasteiger charge is 2.22. The highest BCUT2D eigenvalue weighted by molar-refractivity contribution is 9.10. The molecule has 0 aliphatic heterocycles. The van der Waals surface area contributed by atoms with Crippen LogP contribution >= 0.6 is 27.7 Å². The van der Waals surface area contributed by atoms with Crippen molar-refractivity contribution in [2.75, 3.05) is 5.75 Å². The minimum absolute atomic E-state index is 0.0810. The first kappa shape index (κ1) is 18.2. The molecule has 0 aliphatic rings. The maximum absolute atomic E-state index is 11.9. The molecule has 1 aromatic carbocycles. The fourth-order valence-electron chi connectivity index (χ4n) is 1.70. The molecule has 0 radical (unpaired) electrons. The molecule has 0 saturated carbocycles. The molecule has 1 aromatic heterocycles. The van der Waals surface area contributed by atoms with Crippen molar-refractivity contribution >= 4 is 33.5 Å². The van der Waals surface area contributed by atoms with Gasteiger partial charge in [0, 0.05) is 4.47 Å². The van der Waals surface area contributed by atoms with Gasteiger partial charge in [0.05, 0.1) is 11.8 Å². The van der Waals surface area contributed by atoms with Crippen LogP contribution in [0.3, 0.4) is 0 Å². The molecule has 7 nitrogen and oxygen atoms in total. The van der Waals surface area contributed by atoms with E-state index >= 15 is 0 Å². The standard InChI is InChI=1S/C15H14BrN5O2S/c1-9(18)12(6-17)13(22)8-24-15-19-14(20-21-15)7-23-11-4-2-10(16)3-5-11/h2-5,12H,1,7-8,18H2,(H,19,20,21)/p+1/t12-/m1/s1. The van der Waals surface area contributed by atoms with Crippen LogP contribution in [0.25, 0.3) is 0 Å². The van der Waals surface area contributed by atoms with Gasteiger partial charge >= 0.3 is 0 Å². The number of nitrogens with one attached hydrogen (secondary N) is 1. The number of carbonyl (C=O) groups is 1. The lowest BCUT2D eigenvalue weighted by atomic mass is 10.1. The summed E-state index contributed by atoms with van der Waals surface area (Å²) in [6, 6.07) is 9.32. The van der Waals surface area contributed by atoms with Gasteiger partial charge in [0.1, 0.15) is 18.1 Å². The zero-order valence-corrected chi connectivity index (χ0v) is 15.1. The smallest absolute Gasteiger partial charge is 0.208 e. The molecule has 124 valence electrons. The van der Waals surface area contributed by atoms with Gasteiger partial charge < -0.3 is 10.5 Å². The molecule has 0 saturated heterocycles. The number of Topliss-reactive ketones (excluding diaryl/α,β-unsaturated/α-hetero) is 1. The monoisotopic (exact) mass is 408 g/mol. The second kappa shape index (κ2) is 8.63. The SMILES string of the molecule is C=C([NH3+])[C@@H](C#N)C(=O)CSc1n[nH]c(COc2ccc(Br)cc2)n1. The average Bonchev–Trinajstić information content (AvgIpc) is 3.00. The number of H-pyrrole nitrogens is 1. The summed E-state index contributed by atoms with van der Waals surface area (Å²) in [5.41, 5.74) is 3.84. The normalized spacial score (nSPS) is 11.5. The molecular weight excluding hydrogens is 394 g/mol. The zero-order chi connectivity index (χ0) is 17.5. The van der Waals surface area contributed by atoms with E-state index in [2.05, 4.69) is 43.4 Å². The lowest BCUT2D eigenvalue weighted by Crippen LogP contribution is -2.51. The molecule has 0 unspecified atom stereocenters. The Hall–Kier alpha value is -2.15. The number of benzene rings is 1. The largest absolute Gasteiger partial charge is 0.486 e. The minimum atomic E-state index is -0.892. The van der Waals surface area contributed by atoms with Gasteiger partial charge in [-0.2, -0.15) is 5.26 Å². The van der Waals surface area contributed by atoms with Crippen molar-refractivity contribution in [1.29, 1.82) is 5.26 Å². The van der Waals surface area contributed by atoms with E-state index in [4.69, 9.17) is 10.00 Å². The first-order valence-electron chi connectivity index (χ1n) is 6.85. The Kier molecular flexibility index (Phi) is 6.54. The van der Waals surface area contributed by atoms with Gasteiger partial charge in [0.15, 0.2) is 17.5 Å². The van der Waals surface area contributed by atoms with Crippen LogP contribution in [0.5, 0.6) is 5.75 Å². The van der Waals surface area contributed by atoms with Crippen LogP contribution in [-0.4, -0.2) is 26.7 Å². The Morgan fingerprint density at radius 2 is 2.21 bits per heavy atom. The lowest BCUT2D eigenvalue weighted by molar-refractivity contribution is -0.309. The molecule has 2 aromatic rings. The Bertz CT molecular complexity index is 769. The van der Waals surface area contributed by atoms with Crippen LogP contribution in [0, 0.1) is 17.2 Å². The van der Waals surface area contributed by atoms with Crippen molar-refractivity contribution < 1.29 is 15.3 Å². The number of ketones is 1. The summed E-state index contributed by atoms with van der Waals surface area (Å²) < 4.78 is 6.55. The van der Waals surface area contributed by atoms with E-state index in [-0.39, 0.29) is 18.1 Å². The maximum Gasteiger partial charge on any atom is 0.208 e. The van der Waals surface area contributed by atoms with E-state index in [0.29, 0.717) is 22.4 Å². The molecule has 0 aliphatic carbocycles. The van der Waals surface area contributed by atoms with Gasteiger partial charge in [0.25, 0.3) is 0 Å². The number of hydrogen-bond acceptors (Lipinski definition) is 6. The van der Waals surface area contributed by atoms with Gasteiger partial charge in [-0.05, 0) is 30.8 Å². The van der Waals surface area contributed by atoms with Crippen molar-refractivity contribution in [1.82, 2.24) is 15.2 Å². The highest BCUT2D eigenvalue weighted by atomic mass is 79.9. The number of rotatable bonds is 8. The van der Waals surface area contributed by atoms with Crippen molar-refractivity contribution in [3.8, 4) is 11.8 Å². The third-order valence-corrected chi connectivity index (χ3v) is 4.30. The first-order chi connectivity index (χ1) is 11.5. The molecule has 0 spiro atoms. The number of ether oxygens (including phenoxy) is 1. The van der Waals surface area contributed by atoms with Crippen LogP contribution < -0.4 is 10.5 Å². The number of thioether (sulfide) groups is 1. The van der Waals surface area contributed by atoms with E-state index in [1.54, 1.807) is 0 Å². The minimum Gasteiger partial charge on any atom is -0.486 e. The molecule has 0 bridgehead atoms. The van der Waals surface area contributed by atoms with Crippen LogP contribution in [0.4, 0.5) is 0 Å². The molecule has 1 atom stereocenters. The van der Waals surface area contributed by atoms with Crippen molar-refractivity contribution in [3.05, 3.63) is 46.8 Å².